The molecule has 0 spiro atoms. The summed E-state index contributed by atoms with van der Waals surface area (Å²) in [4.78, 5) is 0. The van der Waals surface area contributed by atoms with Crippen molar-refractivity contribution < 1.29 is 26.3 Å². The summed E-state index contributed by atoms with van der Waals surface area (Å²) in [7, 11) is -2.85. The van der Waals surface area contributed by atoms with Gasteiger partial charge >= 0.3 is 10.4 Å². The van der Waals surface area contributed by atoms with Gasteiger partial charge in [-0.1, -0.05) is 0 Å². The maximum Gasteiger partial charge on any atom is 0.399 e. The van der Waals surface area contributed by atoms with Crippen molar-refractivity contribution in [2.24, 2.45) is 0 Å². The monoisotopic (exact) mass is 226 g/mol. The first-order chi connectivity index (χ1) is 6.35. The van der Waals surface area contributed by atoms with Crippen molar-refractivity contribution in [2.45, 2.75) is 25.7 Å². The zero-order valence-corrected chi connectivity index (χ0v) is 9.17. The second-order valence-corrected chi connectivity index (χ2v) is 4.70. The van der Waals surface area contributed by atoms with E-state index in [1.54, 1.807) is 13.8 Å². The second-order valence-electron chi connectivity index (χ2n) is 3.31. The molecule has 1 aliphatic rings. The molecule has 0 aromatic heterocycles. The molecule has 1 rings (SSSR count). The van der Waals surface area contributed by atoms with Gasteiger partial charge in [0.25, 0.3) is 0 Å². The van der Waals surface area contributed by atoms with Crippen LogP contribution in [0.15, 0.2) is 0 Å². The Balaban J connectivity index is 2.35. The number of ether oxygens (including phenoxy) is 2. The molecule has 7 heteroatoms. The Morgan fingerprint density at radius 1 is 1.50 bits per heavy atom. The third kappa shape index (κ3) is 3.50. The minimum atomic E-state index is -3.88. The normalized spacial score (nSPS) is 26.6. The molecule has 0 radical (unpaired) electrons. The van der Waals surface area contributed by atoms with Crippen LogP contribution >= 0.6 is 0 Å². The largest absolute Gasteiger partial charge is 0.399 e. The summed E-state index contributed by atoms with van der Waals surface area (Å²) in [5.74, 6) is -0.676. The third-order valence-electron chi connectivity index (χ3n) is 1.67. The topological polar surface area (TPSA) is 71.1 Å². The molecule has 0 aromatic carbocycles. The van der Waals surface area contributed by atoms with Gasteiger partial charge in [0, 0.05) is 0 Å². The predicted octanol–water partition coefficient (Wildman–Crippen LogP) is 0.0457. The molecule has 1 fully saturated rings. The van der Waals surface area contributed by atoms with Crippen molar-refractivity contribution in [1.82, 2.24) is 0 Å². The van der Waals surface area contributed by atoms with Crippen LogP contribution in [0.3, 0.4) is 0 Å². The number of hydrogen-bond donors (Lipinski definition) is 0. The minimum absolute atomic E-state index is 0.0976. The molecule has 0 aromatic rings. The van der Waals surface area contributed by atoms with E-state index in [9.17, 15) is 8.42 Å². The van der Waals surface area contributed by atoms with Crippen molar-refractivity contribution in [2.75, 3.05) is 20.3 Å². The predicted molar refractivity (Wildman–Crippen MR) is 46.8 cm³/mol. The van der Waals surface area contributed by atoms with Crippen LogP contribution in [0.2, 0.25) is 0 Å². The van der Waals surface area contributed by atoms with Crippen LogP contribution in [-0.4, -0.2) is 40.6 Å². The second kappa shape index (κ2) is 4.11. The minimum Gasteiger partial charge on any atom is -0.348 e. The summed E-state index contributed by atoms with van der Waals surface area (Å²) >= 11 is 0. The maximum absolute atomic E-state index is 10.8. The van der Waals surface area contributed by atoms with Gasteiger partial charge in [-0.3, -0.25) is 4.18 Å². The highest BCUT2D eigenvalue weighted by Gasteiger charge is 2.33. The van der Waals surface area contributed by atoms with Gasteiger partial charge in [-0.05, 0) is 13.8 Å². The molecule has 6 nitrogen and oxygen atoms in total. The fraction of sp³-hybridized carbons (Fsp3) is 1.00. The highest BCUT2D eigenvalue weighted by Crippen LogP contribution is 2.22. The molecular formula is C7H14O6S. The Morgan fingerprint density at radius 2 is 2.14 bits per heavy atom. The molecule has 1 unspecified atom stereocenters. The molecule has 14 heavy (non-hydrogen) atoms. The zero-order chi connectivity index (χ0) is 10.8. The van der Waals surface area contributed by atoms with Gasteiger partial charge in [0.15, 0.2) is 5.79 Å². The van der Waals surface area contributed by atoms with E-state index in [0.29, 0.717) is 6.61 Å². The van der Waals surface area contributed by atoms with Crippen molar-refractivity contribution in [1.29, 1.82) is 0 Å². The Bertz CT molecular complexity index is 283. The fourth-order valence-corrected chi connectivity index (χ4v) is 1.47. The Kier molecular flexibility index (Phi) is 3.49. The molecule has 0 saturated carbocycles. The van der Waals surface area contributed by atoms with E-state index in [1.807, 2.05) is 0 Å². The molecule has 1 atom stereocenters. The maximum atomic E-state index is 10.8. The van der Waals surface area contributed by atoms with Crippen LogP contribution in [0.4, 0.5) is 0 Å². The van der Waals surface area contributed by atoms with E-state index in [2.05, 4.69) is 8.37 Å². The van der Waals surface area contributed by atoms with Crippen molar-refractivity contribution in [3.63, 3.8) is 0 Å². The standard InChI is InChI=1S/C7H14O6S/c1-7(2)11-4-6(13-7)5-12-14(8,9)10-3/h6H,4-5H2,1-3H3. The Morgan fingerprint density at radius 3 is 2.57 bits per heavy atom. The lowest BCUT2D eigenvalue weighted by Gasteiger charge is -2.16. The molecule has 0 bridgehead atoms. The van der Waals surface area contributed by atoms with Gasteiger partial charge in [0.1, 0.15) is 6.10 Å². The lowest BCUT2D eigenvalue weighted by Crippen LogP contribution is -2.25. The van der Waals surface area contributed by atoms with Gasteiger partial charge in [0.2, 0.25) is 0 Å². The SMILES string of the molecule is COS(=O)(=O)OCC1COC(C)(C)O1. The molecule has 0 N–H and O–H groups in total. The summed E-state index contributed by atoms with van der Waals surface area (Å²) in [5, 5.41) is 0. The summed E-state index contributed by atoms with van der Waals surface area (Å²) in [5.41, 5.74) is 0. The van der Waals surface area contributed by atoms with Gasteiger partial charge in [0.05, 0.1) is 20.3 Å². The van der Waals surface area contributed by atoms with E-state index in [1.165, 1.54) is 0 Å². The van der Waals surface area contributed by atoms with Crippen LogP contribution in [0.25, 0.3) is 0 Å². The lowest BCUT2D eigenvalue weighted by molar-refractivity contribution is -0.141. The van der Waals surface area contributed by atoms with Gasteiger partial charge in [-0.25, -0.2) is 4.18 Å². The molecule has 0 aliphatic carbocycles. The number of rotatable bonds is 4. The van der Waals surface area contributed by atoms with Crippen molar-refractivity contribution >= 4 is 10.4 Å². The third-order valence-corrected chi connectivity index (χ3v) is 2.50. The highest BCUT2D eigenvalue weighted by molar-refractivity contribution is 7.81. The van der Waals surface area contributed by atoms with E-state index in [0.717, 1.165) is 7.11 Å². The molecule has 1 saturated heterocycles. The first-order valence-electron chi connectivity index (χ1n) is 4.11. The number of hydrogen-bond acceptors (Lipinski definition) is 6. The Hall–Kier alpha value is -0.210. The van der Waals surface area contributed by atoms with Crippen molar-refractivity contribution in [3.8, 4) is 0 Å². The summed E-state index contributed by atoms with van der Waals surface area (Å²) < 4.78 is 40.7. The molecule has 84 valence electrons. The van der Waals surface area contributed by atoms with Crippen LogP contribution in [0.1, 0.15) is 13.8 Å². The smallest absolute Gasteiger partial charge is 0.348 e. The molecule has 0 amide bonds. The van der Waals surface area contributed by atoms with Crippen molar-refractivity contribution in [3.05, 3.63) is 0 Å². The van der Waals surface area contributed by atoms with Crippen LogP contribution in [0, 0.1) is 0 Å². The van der Waals surface area contributed by atoms with Crippen LogP contribution in [-0.2, 0) is 28.2 Å². The quantitative estimate of drug-likeness (QED) is 0.674. The van der Waals surface area contributed by atoms with Crippen LogP contribution < -0.4 is 0 Å². The average molecular weight is 226 g/mol. The van der Waals surface area contributed by atoms with E-state index < -0.39 is 16.2 Å². The molecular weight excluding hydrogens is 212 g/mol. The Labute approximate surface area is 83.4 Å². The van der Waals surface area contributed by atoms with Gasteiger partial charge in [-0.15, -0.1) is 0 Å². The summed E-state index contributed by atoms with van der Waals surface area (Å²) in [6, 6.07) is 0. The summed E-state index contributed by atoms with van der Waals surface area (Å²) in [6.07, 6.45) is -0.380. The van der Waals surface area contributed by atoms with Crippen LogP contribution in [0.5, 0.6) is 0 Å². The fourth-order valence-electron chi connectivity index (χ4n) is 1.05. The lowest BCUT2D eigenvalue weighted by atomic mass is 10.4. The van der Waals surface area contributed by atoms with E-state index in [4.69, 9.17) is 9.47 Å². The molecule has 1 heterocycles. The summed E-state index contributed by atoms with van der Waals surface area (Å²) in [6.45, 7) is 3.71. The van der Waals surface area contributed by atoms with Gasteiger partial charge in [-0.2, -0.15) is 8.42 Å². The van der Waals surface area contributed by atoms with E-state index in [-0.39, 0.29) is 12.7 Å². The first-order valence-corrected chi connectivity index (χ1v) is 5.45. The first kappa shape index (κ1) is 11.9. The van der Waals surface area contributed by atoms with E-state index >= 15 is 0 Å². The van der Waals surface area contributed by atoms with Gasteiger partial charge < -0.3 is 9.47 Å². The molecule has 1 aliphatic heterocycles. The zero-order valence-electron chi connectivity index (χ0n) is 8.35. The highest BCUT2D eigenvalue weighted by atomic mass is 32.3. The average Bonchev–Trinajstić information content (AvgIpc) is 2.43.